The van der Waals surface area contributed by atoms with Crippen molar-refractivity contribution < 1.29 is 8.78 Å². The van der Waals surface area contributed by atoms with E-state index in [4.69, 9.17) is 0 Å². The van der Waals surface area contributed by atoms with Crippen molar-refractivity contribution in [2.24, 2.45) is 11.8 Å². The maximum Gasteiger partial charge on any atom is 0.168 e. The van der Waals surface area contributed by atoms with Gasteiger partial charge in [-0.05, 0) is 24.7 Å². The Morgan fingerprint density at radius 2 is 1.90 bits per heavy atom. The molecule has 3 unspecified atom stereocenters. The minimum atomic E-state index is -0.642. The third-order valence-electron chi connectivity index (χ3n) is 4.50. The van der Waals surface area contributed by atoms with Gasteiger partial charge in [-0.2, -0.15) is 0 Å². The Morgan fingerprint density at radius 1 is 1.19 bits per heavy atom. The van der Waals surface area contributed by atoms with E-state index in [0.717, 1.165) is 25.3 Å². The van der Waals surface area contributed by atoms with Gasteiger partial charge in [-0.25, -0.2) is 13.8 Å². The first-order chi connectivity index (χ1) is 10.0. The van der Waals surface area contributed by atoms with Crippen LogP contribution in [0.2, 0.25) is 0 Å². The van der Waals surface area contributed by atoms with Gasteiger partial charge in [0.2, 0.25) is 0 Å². The fourth-order valence-electron chi connectivity index (χ4n) is 2.90. The number of hydrogen-bond donors (Lipinski definition) is 2. The molecule has 1 aromatic rings. The lowest BCUT2D eigenvalue weighted by Crippen LogP contribution is -2.35. The molecule has 1 saturated carbocycles. The zero-order valence-electron chi connectivity index (χ0n) is 13.0. The molecule has 0 radical (unpaired) electrons. The summed E-state index contributed by atoms with van der Waals surface area (Å²) < 4.78 is 27.6. The fraction of sp³-hybridized carbons (Fsp3) is 0.688. The van der Waals surface area contributed by atoms with Crippen molar-refractivity contribution in [3.8, 4) is 0 Å². The van der Waals surface area contributed by atoms with Crippen molar-refractivity contribution in [1.82, 2.24) is 4.98 Å². The summed E-state index contributed by atoms with van der Waals surface area (Å²) in [5.41, 5.74) is 0. The van der Waals surface area contributed by atoms with Crippen LogP contribution >= 0.6 is 0 Å². The second-order valence-corrected chi connectivity index (χ2v) is 6.09. The highest BCUT2D eigenvalue weighted by Crippen LogP contribution is 2.32. The first-order valence-corrected chi connectivity index (χ1v) is 7.89. The van der Waals surface area contributed by atoms with Gasteiger partial charge in [-0.1, -0.05) is 33.6 Å². The third kappa shape index (κ3) is 3.83. The van der Waals surface area contributed by atoms with Gasteiger partial charge < -0.3 is 10.6 Å². The molecule has 5 heteroatoms. The van der Waals surface area contributed by atoms with Crippen LogP contribution in [0.4, 0.5) is 20.4 Å². The van der Waals surface area contributed by atoms with Crippen molar-refractivity contribution in [2.75, 3.05) is 17.2 Å². The largest absolute Gasteiger partial charge is 0.368 e. The van der Waals surface area contributed by atoms with Crippen molar-refractivity contribution in [2.45, 2.75) is 52.5 Å². The average Bonchev–Trinajstić information content (AvgIpc) is 2.45. The number of nitrogens with one attached hydrogen (secondary N) is 2. The monoisotopic (exact) mass is 297 g/mol. The summed E-state index contributed by atoms with van der Waals surface area (Å²) in [7, 11) is 0. The Morgan fingerprint density at radius 3 is 2.62 bits per heavy atom. The zero-order chi connectivity index (χ0) is 15.4. The SMILES string of the molecule is CCCNc1nc(NC2CCCC(C)C2C)c(F)cc1F. The van der Waals surface area contributed by atoms with Crippen LogP contribution in [0.5, 0.6) is 0 Å². The van der Waals surface area contributed by atoms with E-state index < -0.39 is 11.6 Å². The van der Waals surface area contributed by atoms with E-state index in [1.807, 2.05) is 6.92 Å². The topological polar surface area (TPSA) is 37.0 Å². The summed E-state index contributed by atoms with van der Waals surface area (Å²) in [5.74, 6) is 0.0734. The van der Waals surface area contributed by atoms with Crippen molar-refractivity contribution >= 4 is 11.6 Å². The molecule has 1 fully saturated rings. The molecule has 1 aromatic heterocycles. The molecule has 118 valence electrons. The lowest BCUT2D eigenvalue weighted by molar-refractivity contribution is 0.252. The van der Waals surface area contributed by atoms with Crippen LogP contribution in [0, 0.1) is 23.5 Å². The molecule has 1 aliphatic carbocycles. The van der Waals surface area contributed by atoms with Gasteiger partial charge in [-0.3, -0.25) is 0 Å². The van der Waals surface area contributed by atoms with E-state index in [2.05, 4.69) is 29.5 Å². The molecule has 3 nitrogen and oxygen atoms in total. The molecule has 0 spiro atoms. The van der Waals surface area contributed by atoms with E-state index in [1.54, 1.807) is 0 Å². The third-order valence-corrected chi connectivity index (χ3v) is 4.50. The molecule has 0 aliphatic heterocycles. The van der Waals surface area contributed by atoms with Crippen LogP contribution in [0.25, 0.3) is 0 Å². The van der Waals surface area contributed by atoms with E-state index >= 15 is 0 Å². The Labute approximate surface area is 125 Å². The van der Waals surface area contributed by atoms with Crippen LogP contribution in [0.1, 0.15) is 46.5 Å². The van der Waals surface area contributed by atoms with Gasteiger partial charge in [-0.15, -0.1) is 0 Å². The molecule has 1 heterocycles. The van der Waals surface area contributed by atoms with Gasteiger partial charge in [0.25, 0.3) is 0 Å². The second kappa shape index (κ2) is 7.05. The second-order valence-electron chi connectivity index (χ2n) is 6.09. The predicted molar refractivity (Wildman–Crippen MR) is 82.5 cm³/mol. The van der Waals surface area contributed by atoms with Crippen molar-refractivity contribution in [3.63, 3.8) is 0 Å². The predicted octanol–water partition coefficient (Wildman–Crippen LogP) is 4.42. The van der Waals surface area contributed by atoms with Gasteiger partial charge in [0, 0.05) is 18.7 Å². The number of pyridine rings is 1. The lowest BCUT2D eigenvalue weighted by Gasteiger charge is -2.35. The molecule has 3 atom stereocenters. The Bertz CT molecular complexity index is 479. The minimum absolute atomic E-state index is 0.122. The molecule has 0 saturated heterocycles. The molecule has 21 heavy (non-hydrogen) atoms. The zero-order valence-corrected chi connectivity index (χ0v) is 13.0. The van der Waals surface area contributed by atoms with Gasteiger partial charge in [0.05, 0.1) is 0 Å². The number of rotatable bonds is 5. The standard InChI is InChI=1S/C16H25F2N3/c1-4-8-19-15-12(17)9-13(18)16(21-15)20-14-7-5-6-10(2)11(14)3/h9-11,14H,4-8H2,1-3H3,(H2,19,20,21). The summed E-state index contributed by atoms with van der Waals surface area (Å²) in [5, 5.41) is 6.08. The first-order valence-electron chi connectivity index (χ1n) is 7.89. The number of nitrogens with zero attached hydrogens (tertiary/aromatic N) is 1. The quantitative estimate of drug-likeness (QED) is 0.845. The summed E-state index contributed by atoms with van der Waals surface area (Å²) >= 11 is 0. The van der Waals surface area contributed by atoms with Gasteiger partial charge in [0.1, 0.15) is 0 Å². The van der Waals surface area contributed by atoms with E-state index in [-0.39, 0.29) is 17.7 Å². The number of aromatic nitrogens is 1. The number of hydrogen-bond acceptors (Lipinski definition) is 3. The minimum Gasteiger partial charge on any atom is -0.368 e. The fourth-order valence-corrected chi connectivity index (χ4v) is 2.90. The average molecular weight is 297 g/mol. The highest BCUT2D eigenvalue weighted by molar-refractivity contribution is 5.48. The van der Waals surface area contributed by atoms with E-state index in [1.165, 1.54) is 6.42 Å². The van der Waals surface area contributed by atoms with Gasteiger partial charge >= 0.3 is 0 Å². The molecule has 0 bridgehead atoms. The summed E-state index contributed by atoms with van der Waals surface area (Å²) in [6.45, 7) is 7.00. The van der Waals surface area contributed by atoms with Gasteiger partial charge in [0.15, 0.2) is 23.3 Å². The van der Waals surface area contributed by atoms with Crippen LogP contribution in [0.3, 0.4) is 0 Å². The molecule has 1 aliphatic rings. The van der Waals surface area contributed by atoms with Crippen molar-refractivity contribution in [3.05, 3.63) is 17.7 Å². The highest BCUT2D eigenvalue weighted by Gasteiger charge is 2.28. The maximum atomic E-state index is 13.9. The molecular formula is C16H25F2N3. The normalized spacial score (nSPS) is 25.7. The number of anilines is 2. The summed E-state index contributed by atoms with van der Waals surface area (Å²) in [6, 6.07) is 1.10. The molecular weight excluding hydrogens is 272 g/mol. The first kappa shape index (κ1) is 16.0. The molecule has 2 rings (SSSR count). The molecule has 0 amide bonds. The Hall–Kier alpha value is -1.39. The van der Waals surface area contributed by atoms with Crippen LogP contribution in [-0.2, 0) is 0 Å². The smallest absolute Gasteiger partial charge is 0.168 e. The molecule has 2 N–H and O–H groups in total. The summed E-state index contributed by atoms with van der Waals surface area (Å²) in [4.78, 5) is 4.09. The Balaban J connectivity index is 2.15. The van der Waals surface area contributed by atoms with Crippen molar-refractivity contribution in [1.29, 1.82) is 0 Å². The van der Waals surface area contributed by atoms with E-state index in [0.29, 0.717) is 18.4 Å². The van der Waals surface area contributed by atoms with Crippen LogP contribution in [-0.4, -0.2) is 17.6 Å². The van der Waals surface area contributed by atoms with Crippen LogP contribution < -0.4 is 10.6 Å². The molecule has 0 aromatic carbocycles. The summed E-state index contributed by atoms with van der Waals surface area (Å²) in [6.07, 6.45) is 4.20. The lowest BCUT2D eigenvalue weighted by atomic mass is 9.78. The van der Waals surface area contributed by atoms with Crippen LogP contribution in [0.15, 0.2) is 6.07 Å². The maximum absolute atomic E-state index is 13.9. The van der Waals surface area contributed by atoms with E-state index in [9.17, 15) is 8.78 Å². The number of halogens is 2. The highest BCUT2D eigenvalue weighted by atomic mass is 19.1. The Kier molecular flexibility index (Phi) is 5.37.